The van der Waals surface area contributed by atoms with Crippen molar-refractivity contribution in [3.63, 3.8) is 0 Å². The predicted molar refractivity (Wildman–Crippen MR) is 163 cm³/mol. The number of thiocarbonyl (C=S) groups is 1. The third kappa shape index (κ3) is 6.95. The second-order valence-corrected chi connectivity index (χ2v) is 12.1. The number of thioether (sulfide) groups is 2. The first-order valence-corrected chi connectivity index (χ1v) is 15.4. The lowest BCUT2D eigenvalue weighted by Gasteiger charge is -2.21. The van der Waals surface area contributed by atoms with Crippen molar-refractivity contribution in [1.29, 1.82) is 0 Å². The number of aromatic nitrogens is 2. The van der Waals surface area contributed by atoms with Gasteiger partial charge in [-0.05, 0) is 54.9 Å². The van der Waals surface area contributed by atoms with Crippen LogP contribution in [0.25, 0.3) is 23.0 Å². The van der Waals surface area contributed by atoms with Crippen LogP contribution in [-0.2, 0) is 4.79 Å². The topological polar surface area (TPSA) is 38.1 Å². The van der Waals surface area contributed by atoms with Gasteiger partial charge in [0.15, 0.2) is 0 Å². The molecular formula is C30H35N3OS3. The largest absolute Gasteiger partial charge is 0.293 e. The zero-order valence-electron chi connectivity index (χ0n) is 21.9. The van der Waals surface area contributed by atoms with Crippen molar-refractivity contribution >= 4 is 52.0 Å². The first-order chi connectivity index (χ1) is 18.0. The first-order valence-electron chi connectivity index (χ1n) is 13.2. The molecule has 2 aromatic carbocycles. The summed E-state index contributed by atoms with van der Waals surface area (Å²) in [7, 11) is 0. The van der Waals surface area contributed by atoms with Gasteiger partial charge in [0.2, 0.25) is 0 Å². The SMILES string of the molecule is CCCCC(CC)CN1C(=O)/C(=C/c2cn(-c3ccccc3)nc2-c2ccc(SCCC)cc2)SC1=S. The molecule has 3 aromatic rings. The fraction of sp³-hybridized carbons (Fsp3) is 0.367. The van der Waals surface area contributed by atoms with Crippen LogP contribution in [0.2, 0.25) is 0 Å². The van der Waals surface area contributed by atoms with E-state index in [1.165, 1.54) is 29.5 Å². The van der Waals surface area contributed by atoms with Crippen LogP contribution in [0.15, 0.2) is 70.6 Å². The molecule has 194 valence electrons. The van der Waals surface area contributed by atoms with Crippen molar-refractivity contribution in [1.82, 2.24) is 14.7 Å². The zero-order valence-corrected chi connectivity index (χ0v) is 24.3. The van der Waals surface area contributed by atoms with Crippen LogP contribution in [0.3, 0.4) is 0 Å². The van der Waals surface area contributed by atoms with E-state index in [2.05, 4.69) is 45.0 Å². The maximum absolute atomic E-state index is 13.4. The number of para-hydroxylation sites is 1. The third-order valence-corrected chi connectivity index (χ3v) is 9.10. The van der Waals surface area contributed by atoms with E-state index in [0.717, 1.165) is 47.5 Å². The van der Waals surface area contributed by atoms with Crippen molar-refractivity contribution < 1.29 is 4.79 Å². The van der Waals surface area contributed by atoms with Crippen LogP contribution in [0.5, 0.6) is 0 Å². The quantitative estimate of drug-likeness (QED) is 0.129. The van der Waals surface area contributed by atoms with Crippen LogP contribution in [0.4, 0.5) is 0 Å². The molecule has 1 atom stereocenters. The van der Waals surface area contributed by atoms with Crippen molar-refractivity contribution in [2.24, 2.45) is 5.92 Å². The Morgan fingerprint density at radius 2 is 1.81 bits per heavy atom. The highest BCUT2D eigenvalue weighted by Crippen LogP contribution is 2.36. The summed E-state index contributed by atoms with van der Waals surface area (Å²) in [6.45, 7) is 7.30. The molecule has 37 heavy (non-hydrogen) atoms. The summed E-state index contributed by atoms with van der Waals surface area (Å²) in [5, 5.41) is 4.94. The predicted octanol–water partition coefficient (Wildman–Crippen LogP) is 8.46. The maximum atomic E-state index is 13.4. The smallest absolute Gasteiger partial charge is 0.266 e. The van der Waals surface area contributed by atoms with Gasteiger partial charge in [-0.1, -0.05) is 94.3 Å². The van der Waals surface area contributed by atoms with Crippen LogP contribution in [0, 0.1) is 5.92 Å². The Morgan fingerprint density at radius 3 is 2.49 bits per heavy atom. The Kier molecular flexibility index (Phi) is 10.1. The summed E-state index contributed by atoms with van der Waals surface area (Å²) < 4.78 is 2.54. The molecule has 0 N–H and O–H groups in total. The van der Waals surface area contributed by atoms with Crippen LogP contribution < -0.4 is 0 Å². The number of carbonyl (C=O) groups is 1. The van der Waals surface area contributed by atoms with Gasteiger partial charge in [0.25, 0.3) is 5.91 Å². The Morgan fingerprint density at radius 1 is 1.05 bits per heavy atom. The monoisotopic (exact) mass is 549 g/mol. The molecule has 1 unspecified atom stereocenters. The van der Waals surface area contributed by atoms with E-state index >= 15 is 0 Å². The fourth-order valence-electron chi connectivity index (χ4n) is 4.33. The first kappa shape index (κ1) is 27.7. The molecule has 7 heteroatoms. The zero-order chi connectivity index (χ0) is 26.2. The molecule has 1 aliphatic rings. The lowest BCUT2D eigenvalue weighted by Crippen LogP contribution is -2.33. The molecule has 2 heterocycles. The Bertz CT molecular complexity index is 1230. The number of amides is 1. The minimum Gasteiger partial charge on any atom is -0.293 e. The second kappa shape index (κ2) is 13.4. The average molecular weight is 550 g/mol. The van der Waals surface area contributed by atoms with Crippen LogP contribution >= 0.6 is 35.7 Å². The van der Waals surface area contributed by atoms with Gasteiger partial charge >= 0.3 is 0 Å². The molecule has 0 saturated carbocycles. The lowest BCUT2D eigenvalue weighted by atomic mass is 9.99. The van der Waals surface area contributed by atoms with E-state index in [0.29, 0.717) is 21.7 Å². The average Bonchev–Trinajstić information content (AvgIpc) is 3.46. The van der Waals surface area contributed by atoms with Gasteiger partial charge in [-0.2, -0.15) is 5.10 Å². The summed E-state index contributed by atoms with van der Waals surface area (Å²) in [4.78, 5) is 17.2. The lowest BCUT2D eigenvalue weighted by molar-refractivity contribution is -0.122. The van der Waals surface area contributed by atoms with Crippen LogP contribution in [-0.4, -0.2) is 37.2 Å². The van der Waals surface area contributed by atoms with Crippen molar-refractivity contribution in [3.05, 3.63) is 71.3 Å². The van der Waals surface area contributed by atoms with E-state index in [1.807, 2.05) is 59.0 Å². The molecule has 0 aliphatic carbocycles. The number of rotatable bonds is 12. The van der Waals surface area contributed by atoms with Crippen molar-refractivity contribution in [3.8, 4) is 16.9 Å². The number of carbonyl (C=O) groups excluding carboxylic acids is 1. The Balaban J connectivity index is 1.65. The molecule has 1 amide bonds. The summed E-state index contributed by atoms with van der Waals surface area (Å²) in [6, 6.07) is 18.6. The van der Waals surface area contributed by atoms with Crippen molar-refractivity contribution in [2.45, 2.75) is 57.8 Å². The van der Waals surface area contributed by atoms with Gasteiger partial charge in [-0.15, -0.1) is 11.8 Å². The van der Waals surface area contributed by atoms with E-state index in [4.69, 9.17) is 17.3 Å². The Labute approximate surface area is 234 Å². The summed E-state index contributed by atoms with van der Waals surface area (Å²) in [6.07, 6.45) is 9.65. The van der Waals surface area contributed by atoms with Crippen molar-refractivity contribution in [2.75, 3.05) is 12.3 Å². The summed E-state index contributed by atoms with van der Waals surface area (Å²) in [5.41, 5.74) is 3.78. The normalized spacial score (nSPS) is 15.6. The number of unbranched alkanes of at least 4 members (excludes halogenated alkanes) is 1. The molecule has 1 aliphatic heterocycles. The summed E-state index contributed by atoms with van der Waals surface area (Å²) >= 11 is 8.92. The summed E-state index contributed by atoms with van der Waals surface area (Å²) in [5.74, 6) is 1.59. The Hall–Kier alpha value is -2.35. The molecule has 4 nitrogen and oxygen atoms in total. The maximum Gasteiger partial charge on any atom is 0.266 e. The highest BCUT2D eigenvalue weighted by atomic mass is 32.2. The molecular weight excluding hydrogens is 515 g/mol. The number of benzene rings is 2. The minimum atomic E-state index is 0.00896. The van der Waals surface area contributed by atoms with Gasteiger partial charge < -0.3 is 0 Å². The minimum absolute atomic E-state index is 0.00896. The van der Waals surface area contributed by atoms with E-state index in [-0.39, 0.29) is 5.91 Å². The molecule has 1 fully saturated rings. The standard InChI is InChI=1S/C30H35N3OS3/c1-4-7-11-22(6-3)20-32-29(34)27(37-30(32)35)19-24-21-33(25-12-9-8-10-13-25)31-28(24)23-14-16-26(17-15-23)36-18-5-2/h8-10,12-17,19,21-22H,4-7,11,18,20H2,1-3H3/b27-19-. The van der Waals surface area contributed by atoms with Gasteiger partial charge in [-0.3, -0.25) is 9.69 Å². The fourth-order valence-corrected chi connectivity index (χ4v) is 6.37. The van der Waals surface area contributed by atoms with Gasteiger partial charge in [0.05, 0.1) is 16.3 Å². The molecule has 4 rings (SSSR count). The van der Waals surface area contributed by atoms with E-state index < -0.39 is 0 Å². The molecule has 1 aromatic heterocycles. The highest BCUT2D eigenvalue weighted by molar-refractivity contribution is 8.26. The van der Waals surface area contributed by atoms with Gasteiger partial charge in [0, 0.05) is 28.8 Å². The molecule has 0 spiro atoms. The van der Waals surface area contributed by atoms with Gasteiger partial charge in [-0.25, -0.2) is 4.68 Å². The van der Waals surface area contributed by atoms with E-state index in [1.54, 1.807) is 4.90 Å². The molecule has 1 saturated heterocycles. The molecule has 0 bridgehead atoms. The highest BCUT2D eigenvalue weighted by Gasteiger charge is 2.33. The molecule has 0 radical (unpaired) electrons. The third-order valence-electron chi connectivity index (χ3n) is 6.51. The second-order valence-electron chi connectivity index (χ2n) is 9.29. The van der Waals surface area contributed by atoms with E-state index in [9.17, 15) is 4.79 Å². The number of hydrogen-bond acceptors (Lipinski definition) is 5. The van der Waals surface area contributed by atoms with Crippen LogP contribution in [0.1, 0.15) is 58.4 Å². The number of nitrogens with zero attached hydrogens (tertiary/aromatic N) is 3. The number of hydrogen-bond donors (Lipinski definition) is 0. The van der Waals surface area contributed by atoms with Gasteiger partial charge in [0.1, 0.15) is 4.32 Å².